The lowest BCUT2D eigenvalue weighted by Gasteiger charge is -2.40. The molecule has 0 aliphatic carbocycles. The lowest BCUT2D eigenvalue weighted by Crippen LogP contribution is -2.49. The number of rotatable bonds is 7. The molecule has 6 heteroatoms. The van der Waals surface area contributed by atoms with Gasteiger partial charge in [0.15, 0.2) is 0 Å². The number of morpholine rings is 1. The second-order valence-electron chi connectivity index (χ2n) is 10.9. The molecule has 2 N–H and O–H groups in total. The van der Waals surface area contributed by atoms with Gasteiger partial charge in [0.05, 0.1) is 25.3 Å². The molecule has 2 amide bonds. The van der Waals surface area contributed by atoms with E-state index in [9.17, 15) is 9.59 Å². The van der Waals surface area contributed by atoms with Gasteiger partial charge in [0.2, 0.25) is 0 Å². The van der Waals surface area contributed by atoms with Crippen molar-refractivity contribution in [1.82, 2.24) is 9.80 Å². The molecule has 6 nitrogen and oxygen atoms in total. The highest BCUT2D eigenvalue weighted by molar-refractivity contribution is 6.00. The Morgan fingerprint density at radius 2 is 1.77 bits per heavy atom. The number of benzene rings is 2. The Kier molecular flexibility index (Phi) is 6.69. The zero-order chi connectivity index (χ0) is 24.6. The van der Waals surface area contributed by atoms with Crippen molar-refractivity contribution in [3.8, 4) is 0 Å². The third-order valence-electron chi connectivity index (χ3n) is 8.04. The predicted octanol–water partition coefficient (Wildman–Crippen LogP) is 3.91. The standard InChI is InChI=1S/C29H37N3O3/c1-29(2)19-31(14-6-5-8-20-7-3-4-9-22(20)16-30)28(34)25-13-10-21(15-26(25)29)27(33)32-23-11-12-24(32)18-35-17-23/h3-4,7,9-10,13,15,23-24H,5-6,8,11-12,14,16-19,30H2,1-2H3. The summed E-state index contributed by atoms with van der Waals surface area (Å²) in [4.78, 5) is 30.8. The maximum atomic E-state index is 13.4. The van der Waals surface area contributed by atoms with Crippen LogP contribution in [0.25, 0.3) is 0 Å². The quantitative estimate of drug-likeness (QED) is 0.616. The van der Waals surface area contributed by atoms with E-state index in [0.29, 0.717) is 31.9 Å². The fourth-order valence-corrected chi connectivity index (χ4v) is 6.14. The van der Waals surface area contributed by atoms with Gasteiger partial charge in [-0.1, -0.05) is 38.1 Å². The summed E-state index contributed by atoms with van der Waals surface area (Å²) in [6, 6.07) is 14.4. The first-order valence-corrected chi connectivity index (χ1v) is 13.0. The van der Waals surface area contributed by atoms with Crippen molar-refractivity contribution in [3.05, 3.63) is 70.3 Å². The SMILES string of the molecule is CC1(C)CN(CCCCc2ccccc2CN)C(=O)c2ccc(C(=O)N3C4CCC3COC4)cc21. The molecule has 2 atom stereocenters. The van der Waals surface area contributed by atoms with Crippen LogP contribution in [0.2, 0.25) is 0 Å². The largest absolute Gasteiger partial charge is 0.377 e. The Labute approximate surface area is 208 Å². The van der Waals surface area contributed by atoms with Crippen LogP contribution in [0.1, 0.15) is 76.9 Å². The highest BCUT2D eigenvalue weighted by Crippen LogP contribution is 2.36. The monoisotopic (exact) mass is 475 g/mol. The van der Waals surface area contributed by atoms with Crippen LogP contribution in [0.5, 0.6) is 0 Å². The number of carbonyl (C=O) groups excluding carboxylic acids is 2. The maximum absolute atomic E-state index is 13.4. The predicted molar refractivity (Wildman–Crippen MR) is 136 cm³/mol. The molecule has 3 aliphatic heterocycles. The molecular formula is C29H37N3O3. The van der Waals surface area contributed by atoms with E-state index in [1.807, 2.05) is 34.1 Å². The Hall–Kier alpha value is -2.70. The molecule has 35 heavy (non-hydrogen) atoms. The summed E-state index contributed by atoms with van der Waals surface area (Å²) in [6.07, 6.45) is 4.97. The van der Waals surface area contributed by atoms with Gasteiger partial charge in [-0.2, -0.15) is 0 Å². The van der Waals surface area contributed by atoms with E-state index in [0.717, 1.165) is 49.8 Å². The molecule has 0 radical (unpaired) electrons. The molecule has 0 saturated carbocycles. The van der Waals surface area contributed by atoms with Crippen molar-refractivity contribution in [2.45, 2.75) is 70.0 Å². The van der Waals surface area contributed by atoms with Gasteiger partial charge in [0.25, 0.3) is 11.8 Å². The van der Waals surface area contributed by atoms with Crippen LogP contribution in [0.3, 0.4) is 0 Å². The number of fused-ring (bicyclic) bond motifs is 3. The fourth-order valence-electron chi connectivity index (χ4n) is 6.14. The molecular weight excluding hydrogens is 438 g/mol. The van der Waals surface area contributed by atoms with Crippen LogP contribution >= 0.6 is 0 Å². The van der Waals surface area contributed by atoms with E-state index in [2.05, 4.69) is 32.0 Å². The smallest absolute Gasteiger partial charge is 0.254 e. The zero-order valence-corrected chi connectivity index (χ0v) is 21.0. The number of nitrogens with two attached hydrogens (primary N) is 1. The first-order chi connectivity index (χ1) is 16.9. The van der Waals surface area contributed by atoms with E-state index in [-0.39, 0.29) is 29.3 Å². The molecule has 5 rings (SSSR count). The van der Waals surface area contributed by atoms with E-state index in [4.69, 9.17) is 10.5 Å². The van der Waals surface area contributed by atoms with Crippen LogP contribution < -0.4 is 5.73 Å². The third-order valence-corrected chi connectivity index (χ3v) is 8.04. The Morgan fingerprint density at radius 3 is 2.49 bits per heavy atom. The van der Waals surface area contributed by atoms with Crippen LogP contribution in [0.4, 0.5) is 0 Å². The molecule has 0 spiro atoms. The van der Waals surface area contributed by atoms with Crippen LogP contribution in [0.15, 0.2) is 42.5 Å². The van der Waals surface area contributed by atoms with Crippen molar-refractivity contribution in [2.24, 2.45) is 5.73 Å². The summed E-state index contributed by atoms with van der Waals surface area (Å²) in [5, 5.41) is 0. The molecule has 2 bridgehead atoms. The number of amides is 2. The van der Waals surface area contributed by atoms with Crippen LogP contribution in [-0.2, 0) is 23.1 Å². The minimum Gasteiger partial charge on any atom is -0.377 e. The molecule has 2 saturated heterocycles. The molecule has 2 aromatic carbocycles. The maximum Gasteiger partial charge on any atom is 0.254 e. The summed E-state index contributed by atoms with van der Waals surface area (Å²) >= 11 is 0. The number of nitrogens with zero attached hydrogens (tertiary/aromatic N) is 2. The second-order valence-corrected chi connectivity index (χ2v) is 10.9. The number of hydrogen-bond donors (Lipinski definition) is 1. The van der Waals surface area contributed by atoms with Gasteiger partial charge in [-0.15, -0.1) is 0 Å². The Balaban J connectivity index is 1.26. The van der Waals surface area contributed by atoms with Crippen LogP contribution in [-0.4, -0.2) is 60.0 Å². The molecule has 186 valence electrons. The summed E-state index contributed by atoms with van der Waals surface area (Å²) < 4.78 is 5.65. The number of hydrogen-bond acceptors (Lipinski definition) is 4. The van der Waals surface area contributed by atoms with Gasteiger partial charge in [0.1, 0.15) is 0 Å². The van der Waals surface area contributed by atoms with Crippen molar-refractivity contribution in [3.63, 3.8) is 0 Å². The van der Waals surface area contributed by atoms with Gasteiger partial charge >= 0.3 is 0 Å². The van der Waals surface area contributed by atoms with Crippen molar-refractivity contribution < 1.29 is 14.3 Å². The topological polar surface area (TPSA) is 75.9 Å². The molecule has 3 aliphatic rings. The molecule has 3 heterocycles. The first-order valence-electron chi connectivity index (χ1n) is 13.0. The van der Waals surface area contributed by atoms with Gasteiger partial charge < -0.3 is 20.3 Å². The van der Waals surface area contributed by atoms with Crippen molar-refractivity contribution in [2.75, 3.05) is 26.3 Å². The van der Waals surface area contributed by atoms with Crippen molar-refractivity contribution in [1.29, 1.82) is 0 Å². The Morgan fingerprint density at radius 1 is 1.06 bits per heavy atom. The van der Waals surface area contributed by atoms with E-state index < -0.39 is 0 Å². The van der Waals surface area contributed by atoms with E-state index >= 15 is 0 Å². The average Bonchev–Trinajstić information content (AvgIpc) is 3.11. The highest BCUT2D eigenvalue weighted by Gasteiger charge is 2.42. The Bertz CT molecular complexity index is 1100. The minimum atomic E-state index is -0.213. The van der Waals surface area contributed by atoms with Crippen LogP contribution in [0, 0.1) is 0 Å². The number of aryl methyl sites for hydroxylation is 1. The van der Waals surface area contributed by atoms with Gasteiger partial charge in [0, 0.05) is 36.2 Å². The van der Waals surface area contributed by atoms with E-state index in [1.54, 1.807) is 0 Å². The zero-order valence-electron chi connectivity index (χ0n) is 21.0. The number of unbranched alkanes of at least 4 members (excludes halogenated alkanes) is 1. The lowest BCUT2D eigenvalue weighted by molar-refractivity contribution is -0.00717. The molecule has 2 aromatic rings. The van der Waals surface area contributed by atoms with Gasteiger partial charge in [-0.05, 0) is 67.0 Å². The lowest BCUT2D eigenvalue weighted by atomic mass is 9.77. The third kappa shape index (κ3) is 4.62. The summed E-state index contributed by atoms with van der Waals surface area (Å²) in [5.74, 6) is 0.152. The highest BCUT2D eigenvalue weighted by atomic mass is 16.5. The second kappa shape index (κ2) is 9.75. The first kappa shape index (κ1) is 24.0. The van der Waals surface area contributed by atoms with Gasteiger partial charge in [-0.25, -0.2) is 0 Å². The number of carbonyl (C=O) groups is 2. The molecule has 2 unspecified atom stereocenters. The van der Waals surface area contributed by atoms with Crippen molar-refractivity contribution >= 4 is 11.8 Å². The normalized spacial score (nSPS) is 22.9. The summed E-state index contributed by atoms with van der Waals surface area (Å²) in [5.41, 5.74) is 10.6. The minimum absolute atomic E-state index is 0.0760. The van der Waals surface area contributed by atoms with E-state index in [1.165, 1.54) is 11.1 Å². The average molecular weight is 476 g/mol. The number of ether oxygens (including phenoxy) is 1. The van der Waals surface area contributed by atoms with Gasteiger partial charge in [-0.3, -0.25) is 9.59 Å². The summed E-state index contributed by atoms with van der Waals surface area (Å²) in [7, 11) is 0. The molecule has 0 aromatic heterocycles. The molecule has 2 fully saturated rings. The fraction of sp³-hybridized carbons (Fsp3) is 0.517. The summed E-state index contributed by atoms with van der Waals surface area (Å²) in [6.45, 7) is 7.57.